The summed E-state index contributed by atoms with van der Waals surface area (Å²) in [7, 11) is 0. The van der Waals surface area contributed by atoms with E-state index >= 15 is 0 Å². The van der Waals surface area contributed by atoms with Crippen LogP contribution in [0, 0.1) is 0 Å². The summed E-state index contributed by atoms with van der Waals surface area (Å²) < 4.78 is 5.52. The lowest BCUT2D eigenvalue weighted by atomic mass is 10.1. The number of carbonyl (C=O) groups excluding carboxylic acids is 2. The molecule has 0 aromatic heterocycles. The summed E-state index contributed by atoms with van der Waals surface area (Å²) in [6, 6.07) is 15.7. The lowest BCUT2D eigenvalue weighted by molar-refractivity contribution is 0.100. The number of primary amides is 1. The SMILES string of the molecule is NC(=O)c1ccccc1NC(=O)NCCCOc1ccccc1. The number of benzene rings is 2. The van der Waals surface area contributed by atoms with Gasteiger partial charge in [0.1, 0.15) is 5.75 Å². The molecule has 0 heterocycles. The highest BCUT2D eigenvalue weighted by Gasteiger charge is 2.09. The quantitative estimate of drug-likeness (QED) is 0.685. The van der Waals surface area contributed by atoms with Crippen molar-refractivity contribution < 1.29 is 14.3 Å². The summed E-state index contributed by atoms with van der Waals surface area (Å²) in [6.07, 6.45) is 0.666. The van der Waals surface area contributed by atoms with Crippen molar-refractivity contribution >= 4 is 17.6 Å². The van der Waals surface area contributed by atoms with Crippen LogP contribution in [0.2, 0.25) is 0 Å². The molecule has 0 radical (unpaired) electrons. The first-order valence-corrected chi connectivity index (χ1v) is 7.28. The van der Waals surface area contributed by atoms with E-state index in [1.165, 1.54) is 0 Å². The molecule has 0 spiro atoms. The molecule has 2 aromatic carbocycles. The molecule has 23 heavy (non-hydrogen) atoms. The summed E-state index contributed by atoms with van der Waals surface area (Å²) in [5.74, 6) is 0.212. The van der Waals surface area contributed by atoms with Gasteiger partial charge in [-0.25, -0.2) is 4.79 Å². The summed E-state index contributed by atoms with van der Waals surface area (Å²) in [6.45, 7) is 0.958. The van der Waals surface area contributed by atoms with Gasteiger partial charge in [-0.3, -0.25) is 4.79 Å². The van der Waals surface area contributed by atoms with Gasteiger partial charge in [-0.15, -0.1) is 0 Å². The average Bonchev–Trinajstić information content (AvgIpc) is 2.56. The molecule has 0 aliphatic rings. The Morgan fingerprint density at radius 2 is 1.70 bits per heavy atom. The van der Waals surface area contributed by atoms with E-state index in [1.54, 1.807) is 24.3 Å². The Morgan fingerprint density at radius 1 is 1.00 bits per heavy atom. The van der Waals surface area contributed by atoms with Crippen molar-refractivity contribution in [1.29, 1.82) is 0 Å². The van der Waals surface area contributed by atoms with Crippen LogP contribution < -0.4 is 21.1 Å². The van der Waals surface area contributed by atoms with E-state index in [0.717, 1.165) is 5.75 Å². The highest BCUT2D eigenvalue weighted by atomic mass is 16.5. The molecule has 2 aromatic rings. The Hall–Kier alpha value is -3.02. The largest absolute Gasteiger partial charge is 0.494 e. The molecular formula is C17H19N3O3. The predicted octanol–water partition coefficient (Wildman–Crippen LogP) is 2.38. The zero-order chi connectivity index (χ0) is 16.5. The summed E-state index contributed by atoms with van der Waals surface area (Å²) in [5.41, 5.74) is 5.92. The summed E-state index contributed by atoms with van der Waals surface area (Å²) in [5, 5.41) is 5.31. The Labute approximate surface area is 134 Å². The van der Waals surface area contributed by atoms with E-state index in [4.69, 9.17) is 10.5 Å². The molecule has 0 aliphatic heterocycles. The number of urea groups is 1. The van der Waals surface area contributed by atoms with Crippen LogP contribution in [0.5, 0.6) is 5.75 Å². The van der Waals surface area contributed by atoms with Crippen LogP contribution in [-0.4, -0.2) is 25.1 Å². The number of amides is 3. The third-order valence-electron chi connectivity index (χ3n) is 3.06. The normalized spacial score (nSPS) is 9.91. The minimum absolute atomic E-state index is 0.273. The van der Waals surface area contributed by atoms with Crippen LogP contribution in [-0.2, 0) is 0 Å². The number of nitrogens with one attached hydrogen (secondary N) is 2. The maximum atomic E-state index is 11.8. The second kappa shape index (κ2) is 8.43. The Morgan fingerprint density at radius 3 is 2.43 bits per heavy atom. The third kappa shape index (κ3) is 5.35. The van der Waals surface area contributed by atoms with E-state index < -0.39 is 11.9 Å². The fourth-order valence-corrected chi connectivity index (χ4v) is 1.95. The second-order valence-corrected chi connectivity index (χ2v) is 4.81. The van der Waals surface area contributed by atoms with Crippen LogP contribution in [0.3, 0.4) is 0 Å². The lowest BCUT2D eigenvalue weighted by Gasteiger charge is -2.10. The molecule has 6 nitrogen and oxygen atoms in total. The zero-order valence-corrected chi connectivity index (χ0v) is 12.6. The minimum atomic E-state index is -0.586. The maximum absolute atomic E-state index is 11.8. The number of nitrogens with two attached hydrogens (primary N) is 1. The van der Waals surface area contributed by atoms with Gasteiger partial charge in [0.25, 0.3) is 5.91 Å². The molecule has 4 N–H and O–H groups in total. The molecule has 3 amide bonds. The molecule has 2 rings (SSSR count). The van der Waals surface area contributed by atoms with Gasteiger partial charge in [-0.05, 0) is 30.7 Å². The number of hydrogen-bond donors (Lipinski definition) is 3. The Bertz CT molecular complexity index is 659. The maximum Gasteiger partial charge on any atom is 0.319 e. The number of hydrogen-bond acceptors (Lipinski definition) is 3. The summed E-state index contributed by atoms with van der Waals surface area (Å²) >= 11 is 0. The number of carbonyl (C=O) groups is 2. The molecule has 120 valence electrons. The molecule has 0 fully saturated rings. The van der Waals surface area contributed by atoms with Gasteiger partial charge in [0.05, 0.1) is 17.9 Å². The molecule has 0 bridgehead atoms. The van der Waals surface area contributed by atoms with Crippen LogP contribution in [0.25, 0.3) is 0 Å². The van der Waals surface area contributed by atoms with Crippen molar-refractivity contribution in [3.05, 3.63) is 60.2 Å². The van der Waals surface area contributed by atoms with Crippen LogP contribution in [0.1, 0.15) is 16.8 Å². The topological polar surface area (TPSA) is 93.5 Å². The fraction of sp³-hybridized carbons (Fsp3) is 0.176. The van der Waals surface area contributed by atoms with Crippen molar-refractivity contribution in [2.45, 2.75) is 6.42 Å². The predicted molar refractivity (Wildman–Crippen MR) is 88.5 cm³/mol. The first-order chi connectivity index (χ1) is 11.2. The first kappa shape index (κ1) is 16.4. The van der Waals surface area contributed by atoms with E-state index in [0.29, 0.717) is 25.3 Å². The van der Waals surface area contributed by atoms with Crippen LogP contribution in [0.4, 0.5) is 10.5 Å². The third-order valence-corrected chi connectivity index (χ3v) is 3.06. The van der Waals surface area contributed by atoms with Crippen molar-refractivity contribution in [2.24, 2.45) is 5.73 Å². The highest BCUT2D eigenvalue weighted by molar-refractivity contribution is 6.02. The number of ether oxygens (including phenoxy) is 1. The summed E-state index contributed by atoms with van der Waals surface area (Å²) in [4.78, 5) is 23.1. The Kier molecular flexibility index (Phi) is 5.99. The van der Waals surface area contributed by atoms with E-state index in [2.05, 4.69) is 10.6 Å². The number of anilines is 1. The smallest absolute Gasteiger partial charge is 0.319 e. The molecule has 0 atom stereocenters. The fourth-order valence-electron chi connectivity index (χ4n) is 1.95. The van der Waals surface area contributed by atoms with E-state index in [1.807, 2.05) is 30.3 Å². The standard InChI is InChI=1S/C17H19N3O3/c18-16(21)14-9-4-5-10-15(14)20-17(22)19-11-6-12-23-13-7-2-1-3-8-13/h1-5,7-10H,6,11-12H2,(H2,18,21)(H2,19,20,22). The van der Waals surface area contributed by atoms with Gasteiger partial charge in [0.2, 0.25) is 0 Å². The first-order valence-electron chi connectivity index (χ1n) is 7.28. The van der Waals surface area contributed by atoms with Crippen LogP contribution >= 0.6 is 0 Å². The monoisotopic (exact) mass is 313 g/mol. The molecular weight excluding hydrogens is 294 g/mol. The van der Waals surface area contributed by atoms with Gasteiger partial charge in [-0.1, -0.05) is 30.3 Å². The highest BCUT2D eigenvalue weighted by Crippen LogP contribution is 2.13. The number of rotatable bonds is 7. The van der Waals surface area contributed by atoms with Gasteiger partial charge in [0, 0.05) is 6.54 Å². The van der Waals surface area contributed by atoms with Crippen molar-refractivity contribution in [3.63, 3.8) is 0 Å². The molecule has 6 heteroatoms. The van der Waals surface area contributed by atoms with Crippen molar-refractivity contribution in [2.75, 3.05) is 18.5 Å². The van der Waals surface area contributed by atoms with Crippen molar-refractivity contribution in [3.8, 4) is 5.75 Å². The molecule has 0 unspecified atom stereocenters. The molecule has 0 saturated carbocycles. The van der Waals surface area contributed by atoms with Gasteiger partial charge in [0.15, 0.2) is 0 Å². The van der Waals surface area contributed by atoms with Crippen LogP contribution in [0.15, 0.2) is 54.6 Å². The van der Waals surface area contributed by atoms with Gasteiger partial charge in [-0.2, -0.15) is 0 Å². The second-order valence-electron chi connectivity index (χ2n) is 4.81. The number of para-hydroxylation sites is 2. The van der Waals surface area contributed by atoms with Crippen molar-refractivity contribution in [1.82, 2.24) is 5.32 Å². The zero-order valence-electron chi connectivity index (χ0n) is 12.6. The van der Waals surface area contributed by atoms with E-state index in [9.17, 15) is 9.59 Å². The molecule has 0 aliphatic carbocycles. The Balaban J connectivity index is 1.70. The minimum Gasteiger partial charge on any atom is -0.494 e. The van der Waals surface area contributed by atoms with E-state index in [-0.39, 0.29) is 5.56 Å². The average molecular weight is 313 g/mol. The molecule has 0 saturated heterocycles. The van der Waals surface area contributed by atoms with Gasteiger partial charge < -0.3 is 21.1 Å². The van der Waals surface area contributed by atoms with Gasteiger partial charge >= 0.3 is 6.03 Å². The lowest BCUT2D eigenvalue weighted by Crippen LogP contribution is -2.31.